The molecule has 0 spiro atoms. The first kappa shape index (κ1) is 20.4. The largest absolute Gasteiger partial charge is 0.481 e. The predicted octanol–water partition coefficient (Wildman–Crippen LogP) is 4.06. The molecule has 4 nitrogen and oxygen atoms in total. The lowest BCUT2D eigenvalue weighted by atomic mass is 9.89. The van der Waals surface area contributed by atoms with Gasteiger partial charge in [-0.2, -0.15) is 0 Å². The second kappa shape index (κ2) is 11.8. The predicted molar refractivity (Wildman–Crippen MR) is 95.7 cm³/mol. The maximum absolute atomic E-state index is 11.9. The fourth-order valence-electron chi connectivity index (χ4n) is 2.86. The van der Waals surface area contributed by atoms with Crippen molar-refractivity contribution < 1.29 is 19.8 Å². The van der Waals surface area contributed by atoms with Crippen molar-refractivity contribution in [3.8, 4) is 0 Å². The Labute approximate surface area is 145 Å². The van der Waals surface area contributed by atoms with Crippen molar-refractivity contribution in [1.29, 1.82) is 0 Å². The van der Waals surface area contributed by atoms with Gasteiger partial charge in [-0.15, -0.1) is 0 Å². The highest BCUT2D eigenvalue weighted by atomic mass is 16.4. The van der Waals surface area contributed by atoms with Gasteiger partial charge in [0.25, 0.3) is 0 Å². The summed E-state index contributed by atoms with van der Waals surface area (Å²) in [4.78, 5) is 22.4. The molecule has 0 bridgehead atoms. The molecule has 0 aromatic carbocycles. The molecule has 0 saturated carbocycles. The minimum atomic E-state index is -0.832. The van der Waals surface area contributed by atoms with E-state index in [1.54, 1.807) is 12.2 Å². The quantitative estimate of drug-likeness (QED) is 0.417. The summed E-state index contributed by atoms with van der Waals surface area (Å²) in [6.07, 6.45) is 17.0. The molecule has 4 heteroatoms. The van der Waals surface area contributed by atoms with Crippen LogP contribution in [0.4, 0.5) is 0 Å². The second-order valence-corrected chi connectivity index (χ2v) is 6.39. The third-order valence-electron chi connectivity index (χ3n) is 4.29. The van der Waals surface area contributed by atoms with Crippen LogP contribution in [0.3, 0.4) is 0 Å². The Balaban J connectivity index is 2.36. The first-order chi connectivity index (χ1) is 11.5. The molecule has 0 unspecified atom stereocenters. The van der Waals surface area contributed by atoms with Crippen LogP contribution in [-0.4, -0.2) is 28.1 Å². The molecular weight excluding hydrogens is 304 g/mol. The van der Waals surface area contributed by atoms with Crippen LogP contribution in [0.25, 0.3) is 0 Å². The van der Waals surface area contributed by atoms with E-state index in [1.165, 1.54) is 19.3 Å². The monoisotopic (exact) mass is 334 g/mol. The van der Waals surface area contributed by atoms with E-state index in [-0.39, 0.29) is 24.0 Å². The summed E-state index contributed by atoms with van der Waals surface area (Å²) in [5.41, 5.74) is 0. The van der Waals surface area contributed by atoms with Crippen LogP contribution < -0.4 is 0 Å². The maximum atomic E-state index is 11.9. The average Bonchev–Trinajstić information content (AvgIpc) is 2.89. The number of carboxylic acid groups (broad SMARTS) is 1. The van der Waals surface area contributed by atoms with Crippen molar-refractivity contribution in [1.82, 2.24) is 0 Å². The SMILES string of the molecule is CCCCC/C=C\C[C@H](O)/C=C/[C@@H]1C=CC(=O)[C@H]1CCCC(=O)O. The minimum absolute atomic E-state index is 0.0329. The smallest absolute Gasteiger partial charge is 0.303 e. The van der Waals surface area contributed by atoms with Gasteiger partial charge in [0.1, 0.15) is 0 Å². The number of hydrogen-bond donors (Lipinski definition) is 2. The van der Waals surface area contributed by atoms with Crippen LogP contribution in [0.15, 0.2) is 36.5 Å². The molecule has 2 N–H and O–H groups in total. The van der Waals surface area contributed by atoms with E-state index < -0.39 is 12.1 Å². The molecule has 1 aliphatic rings. The average molecular weight is 334 g/mol. The van der Waals surface area contributed by atoms with Crippen LogP contribution in [0.1, 0.15) is 58.3 Å². The topological polar surface area (TPSA) is 74.6 Å². The summed E-state index contributed by atoms with van der Waals surface area (Å²) < 4.78 is 0. The molecule has 0 saturated heterocycles. The van der Waals surface area contributed by atoms with Crippen molar-refractivity contribution in [3.63, 3.8) is 0 Å². The number of allylic oxidation sites excluding steroid dienone is 4. The second-order valence-electron chi connectivity index (χ2n) is 6.39. The van der Waals surface area contributed by atoms with Crippen molar-refractivity contribution in [3.05, 3.63) is 36.5 Å². The minimum Gasteiger partial charge on any atom is -0.481 e. The van der Waals surface area contributed by atoms with Crippen LogP contribution >= 0.6 is 0 Å². The van der Waals surface area contributed by atoms with Gasteiger partial charge in [0.15, 0.2) is 5.78 Å². The highest BCUT2D eigenvalue weighted by Gasteiger charge is 2.27. The van der Waals surface area contributed by atoms with E-state index in [1.807, 2.05) is 18.2 Å². The molecule has 134 valence electrons. The van der Waals surface area contributed by atoms with E-state index in [0.717, 1.165) is 6.42 Å². The van der Waals surface area contributed by atoms with Crippen molar-refractivity contribution in [2.75, 3.05) is 0 Å². The molecule has 0 aliphatic heterocycles. The zero-order valence-corrected chi connectivity index (χ0v) is 14.6. The Hall–Kier alpha value is -1.68. The van der Waals surface area contributed by atoms with Gasteiger partial charge in [0, 0.05) is 18.3 Å². The summed E-state index contributed by atoms with van der Waals surface area (Å²) in [5.74, 6) is -0.992. The van der Waals surface area contributed by atoms with Crippen LogP contribution in [0, 0.1) is 11.8 Å². The Kier molecular flexibility index (Phi) is 10.0. The number of aliphatic carboxylic acids is 1. The van der Waals surface area contributed by atoms with Gasteiger partial charge >= 0.3 is 5.97 Å². The fourth-order valence-corrected chi connectivity index (χ4v) is 2.86. The molecule has 0 aromatic rings. The highest BCUT2D eigenvalue weighted by Crippen LogP contribution is 2.28. The lowest BCUT2D eigenvalue weighted by Crippen LogP contribution is -2.15. The van der Waals surface area contributed by atoms with Crippen LogP contribution in [0.2, 0.25) is 0 Å². The lowest BCUT2D eigenvalue weighted by Gasteiger charge is -2.14. The van der Waals surface area contributed by atoms with Gasteiger partial charge in [0.2, 0.25) is 0 Å². The Morgan fingerprint density at radius 3 is 2.79 bits per heavy atom. The van der Waals surface area contributed by atoms with Crippen molar-refractivity contribution in [2.24, 2.45) is 11.8 Å². The number of aliphatic hydroxyl groups is 1. The molecule has 3 atom stereocenters. The number of carbonyl (C=O) groups is 2. The standard InChI is InChI=1S/C20H30O4/c1-2-3-4-5-6-7-9-17(21)14-12-16-13-15-19(22)18(16)10-8-11-20(23)24/h6-7,12-18,21H,2-5,8-11H2,1H3,(H,23,24)/b7-6-,14-12+/t16-,17+,18+/m1/s1. The molecule has 24 heavy (non-hydrogen) atoms. The van der Waals surface area contributed by atoms with E-state index in [9.17, 15) is 14.7 Å². The number of ketones is 1. The molecule has 0 fully saturated rings. The number of aliphatic hydroxyl groups excluding tert-OH is 1. The molecule has 0 amide bonds. The number of carbonyl (C=O) groups excluding carboxylic acids is 1. The third-order valence-corrected chi connectivity index (χ3v) is 4.29. The Morgan fingerprint density at radius 1 is 1.29 bits per heavy atom. The van der Waals surface area contributed by atoms with E-state index in [4.69, 9.17) is 5.11 Å². The van der Waals surface area contributed by atoms with Gasteiger partial charge in [-0.3, -0.25) is 9.59 Å². The number of hydrogen-bond acceptors (Lipinski definition) is 3. The van der Waals surface area contributed by atoms with E-state index in [0.29, 0.717) is 19.3 Å². The molecule has 0 aromatic heterocycles. The molecule has 1 aliphatic carbocycles. The normalized spacial score (nSPS) is 22.0. The molecular formula is C20H30O4. The van der Waals surface area contributed by atoms with E-state index in [2.05, 4.69) is 13.0 Å². The molecule has 0 heterocycles. The summed E-state index contributed by atoms with van der Waals surface area (Å²) in [5, 5.41) is 18.7. The molecule has 0 radical (unpaired) electrons. The van der Waals surface area contributed by atoms with Crippen LogP contribution in [0.5, 0.6) is 0 Å². The lowest BCUT2D eigenvalue weighted by molar-refractivity contribution is -0.137. The highest BCUT2D eigenvalue weighted by molar-refractivity contribution is 5.94. The van der Waals surface area contributed by atoms with Crippen molar-refractivity contribution in [2.45, 2.75) is 64.4 Å². The third kappa shape index (κ3) is 8.25. The first-order valence-electron chi connectivity index (χ1n) is 8.99. The van der Waals surface area contributed by atoms with Gasteiger partial charge in [-0.1, -0.05) is 50.1 Å². The van der Waals surface area contributed by atoms with Gasteiger partial charge in [0.05, 0.1) is 6.10 Å². The number of carboxylic acids is 1. The van der Waals surface area contributed by atoms with Crippen LogP contribution in [-0.2, 0) is 9.59 Å². The van der Waals surface area contributed by atoms with Gasteiger partial charge in [-0.25, -0.2) is 0 Å². The van der Waals surface area contributed by atoms with Gasteiger partial charge < -0.3 is 10.2 Å². The van der Waals surface area contributed by atoms with Crippen molar-refractivity contribution >= 4 is 11.8 Å². The first-order valence-corrected chi connectivity index (χ1v) is 8.99. The fraction of sp³-hybridized carbons (Fsp3) is 0.600. The Bertz CT molecular complexity index is 476. The number of rotatable bonds is 12. The summed E-state index contributed by atoms with van der Waals surface area (Å²) in [7, 11) is 0. The van der Waals surface area contributed by atoms with Gasteiger partial charge in [-0.05, 0) is 38.2 Å². The summed E-state index contributed by atoms with van der Waals surface area (Å²) in [6, 6.07) is 0. The zero-order chi connectivity index (χ0) is 17.8. The van der Waals surface area contributed by atoms with E-state index >= 15 is 0 Å². The number of unbranched alkanes of at least 4 members (excludes halogenated alkanes) is 3. The summed E-state index contributed by atoms with van der Waals surface area (Å²) in [6.45, 7) is 2.18. The summed E-state index contributed by atoms with van der Waals surface area (Å²) >= 11 is 0. The Morgan fingerprint density at radius 2 is 2.08 bits per heavy atom. The maximum Gasteiger partial charge on any atom is 0.303 e. The zero-order valence-electron chi connectivity index (χ0n) is 14.6. The molecule has 1 rings (SSSR count).